The standard InChI is InChI=1S/C23H33N3O4/c1-15(2)19(11-16(3)21(28)29)26(6)20(27)14-24-22(30)23(25(4)5)12-17-9-7-8-10-18(17)13-23/h7-11,15,19H,12-14H2,1-6H3,(H,24,30)(H,28,29)/t19-/m1/s1. The van der Waals surface area contributed by atoms with Crippen LogP contribution in [0, 0.1) is 5.92 Å². The number of nitrogens with one attached hydrogen (secondary N) is 1. The Hall–Kier alpha value is -2.67. The molecular weight excluding hydrogens is 382 g/mol. The van der Waals surface area contributed by atoms with Crippen molar-refractivity contribution in [2.24, 2.45) is 5.92 Å². The molecule has 1 aliphatic carbocycles. The minimum atomic E-state index is -1.01. The summed E-state index contributed by atoms with van der Waals surface area (Å²) in [4.78, 5) is 40.5. The molecule has 1 atom stereocenters. The normalized spacial score (nSPS) is 16.3. The van der Waals surface area contributed by atoms with E-state index in [1.54, 1.807) is 13.1 Å². The van der Waals surface area contributed by atoms with E-state index in [2.05, 4.69) is 5.32 Å². The van der Waals surface area contributed by atoms with E-state index >= 15 is 0 Å². The molecule has 0 radical (unpaired) electrons. The van der Waals surface area contributed by atoms with E-state index in [-0.39, 0.29) is 35.9 Å². The molecule has 0 unspecified atom stereocenters. The number of aliphatic carboxylic acids is 1. The van der Waals surface area contributed by atoms with Crippen LogP contribution in [-0.2, 0) is 27.2 Å². The number of carbonyl (C=O) groups excluding carboxylic acids is 2. The number of hydrogen-bond acceptors (Lipinski definition) is 4. The van der Waals surface area contributed by atoms with Gasteiger partial charge in [-0.2, -0.15) is 0 Å². The number of nitrogens with zero attached hydrogens (tertiary/aromatic N) is 2. The van der Waals surface area contributed by atoms with Crippen LogP contribution >= 0.6 is 0 Å². The number of carbonyl (C=O) groups is 3. The largest absolute Gasteiger partial charge is 0.478 e. The number of likely N-dealkylation sites (N-methyl/N-ethyl adjacent to an activating group) is 2. The van der Waals surface area contributed by atoms with Crippen molar-refractivity contribution in [3.8, 4) is 0 Å². The lowest BCUT2D eigenvalue weighted by Gasteiger charge is -2.35. The third kappa shape index (κ3) is 4.90. The highest BCUT2D eigenvalue weighted by atomic mass is 16.4. The average Bonchev–Trinajstić information content (AvgIpc) is 3.10. The maximum Gasteiger partial charge on any atom is 0.331 e. The first-order valence-corrected chi connectivity index (χ1v) is 10.2. The van der Waals surface area contributed by atoms with Crippen LogP contribution in [0.25, 0.3) is 0 Å². The molecule has 0 aliphatic heterocycles. The van der Waals surface area contributed by atoms with Crippen molar-refractivity contribution in [2.45, 2.75) is 45.2 Å². The van der Waals surface area contributed by atoms with Crippen LogP contribution in [0.2, 0.25) is 0 Å². The number of hydrogen-bond donors (Lipinski definition) is 2. The van der Waals surface area contributed by atoms with Gasteiger partial charge in [-0.3, -0.25) is 14.5 Å². The molecule has 164 valence electrons. The van der Waals surface area contributed by atoms with E-state index in [1.165, 1.54) is 11.8 Å². The van der Waals surface area contributed by atoms with Crippen LogP contribution in [0.15, 0.2) is 35.9 Å². The second-order valence-corrected chi connectivity index (χ2v) is 8.63. The van der Waals surface area contributed by atoms with Gasteiger partial charge >= 0.3 is 5.97 Å². The highest BCUT2D eigenvalue weighted by Gasteiger charge is 2.45. The average molecular weight is 416 g/mol. The van der Waals surface area contributed by atoms with Gasteiger partial charge in [0.15, 0.2) is 0 Å². The molecule has 2 rings (SSSR count). The molecule has 0 fully saturated rings. The van der Waals surface area contributed by atoms with Gasteiger partial charge in [-0.05, 0) is 38.1 Å². The van der Waals surface area contributed by atoms with Gasteiger partial charge in [0.1, 0.15) is 5.54 Å². The Labute approximate surface area is 178 Å². The zero-order chi connectivity index (χ0) is 22.6. The number of carboxylic acid groups (broad SMARTS) is 1. The second-order valence-electron chi connectivity index (χ2n) is 8.63. The number of carboxylic acids is 1. The minimum Gasteiger partial charge on any atom is -0.478 e. The molecule has 30 heavy (non-hydrogen) atoms. The molecule has 7 nitrogen and oxygen atoms in total. The first kappa shape index (κ1) is 23.6. The third-order valence-corrected chi connectivity index (χ3v) is 6.04. The Kier molecular flexibility index (Phi) is 7.42. The van der Waals surface area contributed by atoms with Crippen molar-refractivity contribution in [1.29, 1.82) is 0 Å². The molecule has 2 amide bonds. The Morgan fingerprint density at radius 3 is 2.10 bits per heavy atom. The summed E-state index contributed by atoms with van der Waals surface area (Å²) in [6.45, 7) is 5.23. The summed E-state index contributed by atoms with van der Waals surface area (Å²) in [6.07, 6.45) is 2.78. The monoisotopic (exact) mass is 415 g/mol. The van der Waals surface area contributed by atoms with Crippen LogP contribution < -0.4 is 5.32 Å². The summed E-state index contributed by atoms with van der Waals surface area (Å²) < 4.78 is 0. The smallest absolute Gasteiger partial charge is 0.331 e. The molecule has 0 saturated carbocycles. The molecule has 0 heterocycles. The van der Waals surface area contributed by atoms with Crippen molar-refractivity contribution in [3.63, 3.8) is 0 Å². The summed E-state index contributed by atoms with van der Waals surface area (Å²) in [6, 6.07) is 7.65. The SMILES string of the molecule is CC(=C[C@H](C(C)C)N(C)C(=O)CNC(=O)C1(N(C)C)Cc2ccccc2C1)C(=O)O. The third-order valence-electron chi connectivity index (χ3n) is 6.04. The van der Waals surface area contributed by atoms with Gasteiger partial charge in [0, 0.05) is 25.5 Å². The summed E-state index contributed by atoms with van der Waals surface area (Å²) in [5.74, 6) is -1.42. The number of amides is 2. The van der Waals surface area contributed by atoms with E-state index < -0.39 is 11.5 Å². The first-order valence-electron chi connectivity index (χ1n) is 10.2. The number of rotatable bonds is 8. The molecule has 2 N–H and O–H groups in total. The molecule has 1 aromatic rings. The maximum absolute atomic E-state index is 13.2. The van der Waals surface area contributed by atoms with E-state index in [1.807, 2.05) is 57.1 Å². The lowest BCUT2D eigenvalue weighted by atomic mass is 9.93. The van der Waals surface area contributed by atoms with E-state index in [4.69, 9.17) is 5.11 Å². The number of fused-ring (bicyclic) bond motifs is 1. The van der Waals surface area contributed by atoms with Gasteiger partial charge in [0.05, 0.1) is 12.6 Å². The summed E-state index contributed by atoms with van der Waals surface area (Å²) >= 11 is 0. The fourth-order valence-electron chi connectivity index (χ4n) is 3.97. The highest BCUT2D eigenvalue weighted by molar-refractivity contribution is 5.92. The van der Waals surface area contributed by atoms with Crippen molar-refractivity contribution in [2.75, 3.05) is 27.7 Å². The Morgan fingerprint density at radius 1 is 1.13 bits per heavy atom. The van der Waals surface area contributed by atoms with E-state index in [0.29, 0.717) is 12.8 Å². The molecular formula is C23H33N3O4. The van der Waals surface area contributed by atoms with Gasteiger partial charge in [-0.25, -0.2) is 4.79 Å². The van der Waals surface area contributed by atoms with Gasteiger partial charge in [-0.15, -0.1) is 0 Å². The zero-order valence-electron chi connectivity index (χ0n) is 18.7. The van der Waals surface area contributed by atoms with Crippen LogP contribution in [0.5, 0.6) is 0 Å². The van der Waals surface area contributed by atoms with Crippen LogP contribution in [0.1, 0.15) is 31.9 Å². The fourth-order valence-corrected chi connectivity index (χ4v) is 3.97. The second kappa shape index (κ2) is 9.43. The van der Waals surface area contributed by atoms with Gasteiger partial charge in [0.25, 0.3) is 0 Å². The van der Waals surface area contributed by atoms with Crippen LogP contribution in [0.4, 0.5) is 0 Å². The maximum atomic E-state index is 13.2. The quantitative estimate of drug-likeness (QED) is 0.631. The minimum absolute atomic E-state index is 0.0291. The molecule has 0 spiro atoms. The van der Waals surface area contributed by atoms with Crippen molar-refractivity contribution in [1.82, 2.24) is 15.1 Å². The van der Waals surface area contributed by atoms with Gasteiger partial charge < -0.3 is 15.3 Å². The lowest BCUT2D eigenvalue weighted by Crippen LogP contribution is -2.58. The summed E-state index contributed by atoms with van der Waals surface area (Å²) in [5.41, 5.74) is 1.77. The predicted molar refractivity (Wildman–Crippen MR) is 116 cm³/mol. The Morgan fingerprint density at radius 2 is 1.67 bits per heavy atom. The molecule has 1 aliphatic rings. The van der Waals surface area contributed by atoms with Crippen molar-refractivity contribution < 1.29 is 19.5 Å². The predicted octanol–water partition coefficient (Wildman–Crippen LogP) is 1.72. The highest BCUT2D eigenvalue weighted by Crippen LogP contribution is 2.33. The molecule has 1 aromatic carbocycles. The number of benzene rings is 1. The molecule has 0 bridgehead atoms. The van der Waals surface area contributed by atoms with Gasteiger partial charge in [-0.1, -0.05) is 44.2 Å². The van der Waals surface area contributed by atoms with Crippen LogP contribution in [0.3, 0.4) is 0 Å². The zero-order valence-corrected chi connectivity index (χ0v) is 18.7. The fraction of sp³-hybridized carbons (Fsp3) is 0.522. The topological polar surface area (TPSA) is 90.0 Å². The first-order chi connectivity index (χ1) is 14.0. The molecule has 7 heteroatoms. The van der Waals surface area contributed by atoms with Crippen LogP contribution in [-0.4, -0.2) is 72.0 Å². The van der Waals surface area contributed by atoms with Crippen molar-refractivity contribution in [3.05, 3.63) is 47.0 Å². The molecule has 0 aromatic heterocycles. The summed E-state index contributed by atoms with van der Waals surface area (Å²) in [7, 11) is 5.40. The Bertz CT molecular complexity index is 820. The lowest BCUT2D eigenvalue weighted by molar-refractivity contribution is -0.137. The molecule has 0 saturated heterocycles. The summed E-state index contributed by atoms with van der Waals surface area (Å²) in [5, 5.41) is 12.0. The van der Waals surface area contributed by atoms with E-state index in [0.717, 1.165) is 11.1 Å². The van der Waals surface area contributed by atoms with Crippen molar-refractivity contribution >= 4 is 17.8 Å². The van der Waals surface area contributed by atoms with E-state index in [9.17, 15) is 14.4 Å². The van der Waals surface area contributed by atoms with Gasteiger partial charge in [0.2, 0.25) is 11.8 Å². The Balaban J connectivity index is 2.09.